The van der Waals surface area contributed by atoms with Crippen molar-refractivity contribution in [2.75, 3.05) is 6.54 Å². The maximum atomic E-state index is 11.2. The van der Waals surface area contributed by atoms with Crippen LogP contribution >= 0.6 is 0 Å². The fourth-order valence-corrected chi connectivity index (χ4v) is 0.889. The van der Waals surface area contributed by atoms with E-state index in [0.717, 1.165) is 0 Å². The van der Waals surface area contributed by atoms with Crippen molar-refractivity contribution in [3.8, 4) is 0 Å². The summed E-state index contributed by atoms with van der Waals surface area (Å²) in [5.74, 6) is -0.216. The van der Waals surface area contributed by atoms with Gasteiger partial charge in [-0.15, -0.1) is 0 Å². The minimum Gasteiger partial charge on any atom is -0.444 e. The van der Waals surface area contributed by atoms with Crippen LogP contribution in [-0.4, -0.2) is 29.8 Å². The highest BCUT2D eigenvalue weighted by atomic mass is 16.6. The largest absolute Gasteiger partial charge is 0.444 e. The maximum absolute atomic E-state index is 11.2. The molecule has 0 atom stereocenters. The third kappa shape index (κ3) is 9.18. The molecule has 0 aromatic carbocycles. The van der Waals surface area contributed by atoms with Gasteiger partial charge in [0.1, 0.15) is 11.4 Å². The van der Waals surface area contributed by atoms with Crippen LogP contribution in [-0.2, 0) is 14.3 Å². The van der Waals surface area contributed by atoms with Gasteiger partial charge in [0.05, 0.1) is 6.54 Å². The Hall–Kier alpha value is -1.39. The highest BCUT2D eigenvalue weighted by molar-refractivity contribution is 5.87. The number of carbonyl (C=O) groups excluding carboxylic acids is 3. The first-order valence-electron chi connectivity index (χ1n) is 5.18. The molecule has 0 heterocycles. The Morgan fingerprint density at radius 3 is 2.12 bits per heavy atom. The number of amides is 1. The Bertz CT molecular complexity index is 278. The molecule has 0 fully saturated rings. The Balaban J connectivity index is 3.76. The van der Waals surface area contributed by atoms with Gasteiger partial charge >= 0.3 is 6.09 Å². The molecule has 0 unspecified atom stereocenters. The monoisotopic (exact) mass is 229 g/mol. The number of alkyl carbamates (subject to hydrolysis) is 1. The van der Waals surface area contributed by atoms with E-state index in [2.05, 4.69) is 5.32 Å². The van der Waals surface area contributed by atoms with Crippen LogP contribution in [0.1, 0.15) is 40.5 Å². The van der Waals surface area contributed by atoms with Crippen molar-refractivity contribution >= 4 is 17.7 Å². The Kier molecular flexibility index (Phi) is 5.71. The van der Waals surface area contributed by atoms with Gasteiger partial charge in [-0.25, -0.2) is 4.79 Å². The Morgan fingerprint density at radius 2 is 1.69 bits per heavy atom. The highest BCUT2D eigenvalue weighted by Crippen LogP contribution is 2.06. The van der Waals surface area contributed by atoms with Crippen molar-refractivity contribution in [1.82, 2.24) is 5.32 Å². The zero-order valence-electron chi connectivity index (χ0n) is 10.3. The molecule has 0 aromatic rings. The van der Waals surface area contributed by atoms with Crippen LogP contribution in [0, 0.1) is 0 Å². The van der Waals surface area contributed by atoms with Crippen molar-refractivity contribution in [1.29, 1.82) is 0 Å². The maximum Gasteiger partial charge on any atom is 0.408 e. The van der Waals surface area contributed by atoms with Crippen LogP contribution in [0.2, 0.25) is 0 Å². The first kappa shape index (κ1) is 14.6. The molecule has 92 valence electrons. The van der Waals surface area contributed by atoms with Gasteiger partial charge in [-0.3, -0.25) is 4.79 Å². The van der Waals surface area contributed by atoms with Gasteiger partial charge < -0.3 is 14.8 Å². The summed E-state index contributed by atoms with van der Waals surface area (Å²) in [4.78, 5) is 33.0. The van der Waals surface area contributed by atoms with Gasteiger partial charge in [-0.1, -0.05) is 0 Å². The fourth-order valence-electron chi connectivity index (χ4n) is 0.889. The molecule has 0 aliphatic rings. The first-order valence-corrected chi connectivity index (χ1v) is 5.18. The second-order valence-corrected chi connectivity index (χ2v) is 4.60. The number of ether oxygens (including phenoxy) is 1. The number of hydrogen-bond donors (Lipinski definition) is 1. The summed E-state index contributed by atoms with van der Waals surface area (Å²) in [5, 5.41) is 2.34. The summed E-state index contributed by atoms with van der Waals surface area (Å²) in [6.07, 6.45) is -0.247. The molecule has 0 aliphatic carbocycles. The summed E-state index contributed by atoms with van der Waals surface area (Å²) < 4.78 is 4.94. The van der Waals surface area contributed by atoms with E-state index in [1.54, 1.807) is 20.8 Å². The lowest BCUT2D eigenvalue weighted by atomic mass is 10.2. The molecule has 0 spiro atoms. The van der Waals surface area contributed by atoms with Gasteiger partial charge in [0.15, 0.2) is 5.78 Å². The Morgan fingerprint density at radius 1 is 1.12 bits per heavy atom. The third-order valence-corrected chi connectivity index (χ3v) is 1.58. The first-order chi connectivity index (χ1) is 7.20. The average Bonchev–Trinajstić information content (AvgIpc) is 2.08. The van der Waals surface area contributed by atoms with Gasteiger partial charge in [0.2, 0.25) is 0 Å². The lowest BCUT2D eigenvalue weighted by Crippen LogP contribution is -2.35. The third-order valence-electron chi connectivity index (χ3n) is 1.58. The molecule has 5 nitrogen and oxygen atoms in total. The molecular formula is C11H19NO4. The normalized spacial score (nSPS) is 10.8. The molecular weight excluding hydrogens is 210 g/mol. The van der Waals surface area contributed by atoms with Crippen molar-refractivity contribution < 1.29 is 19.1 Å². The zero-order valence-corrected chi connectivity index (χ0v) is 10.3. The standard InChI is InChI=1S/C11H19NO4/c1-8(13)5-6-9(14)7-12-10(15)16-11(2,3)4/h5-7H2,1-4H3,(H,12,15). The van der Waals surface area contributed by atoms with E-state index in [-0.39, 0.29) is 31.0 Å². The number of nitrogens with one attached hydrogen (secondary N) is 1. The highest BCUT2D eigenvalue weighted by Gasteiger charge is 2.16. The number of Topliss-reactive ketones (excluding diaryl/α,β-unsaturated/α-hetero) is 2. The van der Waals surface area contributed by atoms with Crippen LogP contribution in [0.25, 0.3) is 0 Å². The quantitative estimate of drug-likeness (QED) is 0.774. The molecule has 0 saturated carbocycles. The molecule has 0 radical (unpaired) electrons. The van der Waals surface area contributed by atoms with Gasteiger partial charge in [-0.05, 0) is 27.7 Å². The van der Waals surface area contributed by atoms with Crippen molar-refractivity contribution in [3.05, 3.63) is 0 Å². The molecule has 0 saturated heterocycles. The summed E-state index contributed by atoms with van der Waals surface area (Å²) in [7, 11) is 0. The lowest BCUT2D eigenvalue weighted by molar-refractivity contribution is -0.122. The topological polar surface area (TPSA) is 72.5 Å². The molecule has 0 aromatic heterocycles. The van der Waals surface area contributed by atoms with E-state index in [9.17, 15) is 14.4 Å². The summed E-state index contributed by atoms with van der Waals surface area (Å²) in [5.41, 5.74) is -0.577. The average molecular weight is 229 g/mol. The minimum absolute atomic E-state index is 0.0365. The molecule has 0 aliphatic heterocycles. The summed E-state index contributed by atoms with van der Waals surface area (Å²) in [6, 6.07) is 0. The van der Waals surface area contributed by atoms with E-state index in [1.165, 1.54) is 6.92 Å². The number of hydrogen-bond acceptors (Lipinski definition) is 4. The number of ketones is 2. The fraction of sp³-hybridized carbons (Fsp3) is 0.727. The van der Waals surface area contributed by atoms with E-state index in [4.69, 9.17) is 4.74 Å². The molecule has 0 rings (SSSR count). The van der Waals surface area contributed by atoms with Gasteiger partial charge in [0, 0.05) is 12.8 Å². The van der Waals surface area contributed by atoms with Crippen molar-refractivity contribution in [2.45, 2.75) is 46.1 Å². The molecule has 1 N–H and O–H groups in total. The molecule has 1 amide bonds. The SMILES string of the molecule is CC(=O)CCC(=O)CNC(=O)OC(C)(C)C. The molecule has 0 bridgehead atoms. The van der Waals surface area contributed by atoms with Crippen LogP contribution in [0.4, 0.5) is 4.79 Å². The second kappa shape index (κ2) is 6.25. The van der Waals surface area contributed by atoms with Crippen LogP contribution in [0.15, 0.2) is 0 Å². The second-order valence-electron chi connectivity index (χ2n) is 4.60. The lowest BCUT2D eigenvalue weighted by Gasteiger charge is -2.19. The van der Waals surface area contributed by atoms with E-state index in [1.807, 2.05) is 0 Å². The number of carbonyl (C=O) groups is 3. The predicted octanol–water partition coefficient (Wildman–Crippen LogP) is 1.45. The van der Waals surface area contributed by atoms with E-state index < -0.39 is 11.7 Å². The van der Waals surface area contributed by atoms with Crippen molar-refractivity contribution in [2.24, 2.45) is 0 Å². The van der Waals surface area contributed by atoms with Crippen LogP contribution < -0.4 is 5.32 Å². The van der Waals surface area contributed by atoms with Gasteiger partial charge in [0.25, 0.3) is 0 Å². The Labute approximate surface area is 95.5 Å². The predicted molar refractivity (Wildman–Crippen MR) is 59.2 cm³/mol. The van der Waals surface area contributed by atoms with Gasteiger partial charge in [-0.2, -0.15) is 0 Å². The molecule has 5 heteroatoms. The van der Waals surface area contributed by atoms with Crippen LogP contribution in [0.5, 0.6) is 0 Å². The van der Waals surface area contributed by atoms with Crippen LogP contribution in [0.3, 0.4) is 0 Å². The molecule has 16 heavy (non-hydrogen) atoms. The summed E-state index contributed by atoms with van der Waals surface area (Å²) >= 11 is 0. The number of rotatable bonds is 5. The zero-order chi connectivity index (χ0) is 12.8. The minimum atomic E-state index is -0.622. The van der Waals surface area contributed by atoms with E-state index >= 15 is 0 Å². The van der Waals surface area contributed by atoms with E-state index in [0.29, 0.717) is 0 Å². The van der Waals surface area contributed by atoms with Crippen molar-refractivity contribution in [3.63, 3.8) is 0 Å². The smallest absolute Gasteiger partial charge is 0.408 e. The summed E-state index contributed by atoms with van der Waals surface area (Å²) in [6.45, 7) is 6.55.